The number of fused-ring (bicyclic) bond motifs is 1. The first-order valence-corrected chi connectivity index (χ1v) is 11.6. The Kier molecular flexibility index (Phi) is 5.81. The van der Waals surface area contributed by atoms with Crippen LogP contribution in [-0.4, -0.2) is 66.9 Å². The molecule has 0 bridgehead atoms. The first-order chi connectivity index (χ1) is 14.8. The SMILES string of the molecule is COc1cccc(-c2ccc([C@H]3[C@H](CO)N4CCCCN(CC5CC5)C[C@@H]34)cc2)c1. The fourth-order valence-corrected chi connectivity index (χ4v) is 5.54. The van der Waals surface area contributed by atoms with Gasteiger partial charge in [-0.1, -0.05) is 36.4 Å². The van der Waals surface area contributed by atoms with E-state index in [-0.39, 0.29) is 12.6 Å². The molecule has 2 heterocycles. The summed E-state index contributed by atoms with van der Waals surface area (Å²) in [5.74, 6) is 2.25. The van der Waals surface area contributed by atoms with E-state index in [0.717, 1.165) is 24.8 Å². The molecule has 4 heteroatoms. The fraction of sp³-hybridized carbons (Fsp3) is 0.538. The molecule has 1 aliphatic carbocycles. The Morgan fingerprint density at radius 1 is 1.00 bits per heavy atom. The highest BCUT2D eigenvalue weighted by molar-refractivity contribution is 5.65. The summed E-state index contributed by atoms with van der Waals surface area (Å²) in [5, 5.41) is 10.2. The second kappa shape index (κ2) is 8.70. The molecule has 0 aromatic heterocycles. The number of hydrogen-bond acceptors (Lipinski definition) is 4. The third-order valence-electron chi connectivity index (χ3n) is 7.37. The van der Waals surface area contributed by atoms with Gasteiger partial charge in [0.25, 0.3) is 0 Å². The van der Waals surface area contributed by atoms with Crippen LogP contribution in [-0.2, 0) is 0 Å². The Balaban J connectivity index is 1.35. The maximum atomic E-state index is 10.2. The average Bonchev–Trinajstić information content (AvgIpc) is 3.59. The first-order valence-electron chi connectivity index (χ1n) is 11.6. The van der Waals surface area contributed by atoms with Crippen LogP contribution in [0.2, 0.25) is 0 Å². The first kappa shape index (κ1) is 20.0. The van der Waals surface area contributed by atoms with Gasteiger partial charge in [0.1, 0.15) is 5.75 Å². The molecule has 0 spiro atoms. The molecular formula is C26H34N2O2. The number of aliphatic hydroxyl groups is 1. The Labute approximate surface area is 180 Å². The van der Waals surface area contributed by atoms with Crippen LogP contribution in [0.3, 0.4) is 0 Å². The molecule has 4 nitrogen and oxygen atoms in total. The Hall–Kier alpha value is -1.88. The van der Waals surface area contributed by atoms with Crippen molar-refractivity contribution in [2.24, 2.45) is 5.92 Å². The topological polar surface area (TPSA) is 35.9 Å². The number of benzene rings is 2. The lowest BCUT2D eigenvalue weighted by molar-refractivity contribution is -0.0649. The summed E-state index contributed by atoms with van der Waals surface area (Å²) in [7, 11) is 1.71. The van der Waals surface area contributed by atoms with Crippen molar-refractivity contribution in [3.63, 3.8) is 0 Å². The summed E-state index contributed by atoms with van der Waals surface area (Å²) < 4.78 is 5.38. The molecule has 5 rings (SSSR count). The summed E-state index contributed by atoms with van der Waals surface area (Å²) in [6.07, 6.45) is 5.36. The highest BCUT2D eigenvalue weighted by Gasteiger charge is 2.49. The van der Waals surface area contributed by atoms with Crippen LogP contribution in [0.25, 0.3) is 11.1 Å². The van der Waals surface area contributed by atoms with Crippen LogP contribution >= 0.6 is 0 Å². The second-order valence-electron chi connectivity index (χ2n) is 9.34. The average molecular weight is 407 g/mol. The Morgan fingerprint density at radius 2 is 1.80 bits per heavy atom. The molecule has 0 unspecified atom stereocenters. The van der Waals surface area contributed by atoms with Gasteiger partial charge in [0, 0.05) is 31.1 Å². The molecule has 3 fully saturated rings. The third kappa shape index (κ3) is 4.01. The Bertz CT molecular complexity index is 848. The van der Waals surface area contributed by atoms with Crippen molar-refractivity contribution in [3.05, 3.63) is 54.1 Å². The van der Waals surface area contributed by atoms with E-state index in [2.05, 4.69) is 46.2 Å². The van der Waals surface area contributed by atoms with Gasteiger partial charge in [0.2, 0.25) is 0 Å². The van der Waals surface area contributed by atoms with E-state index in [0.29, 0.717) is 12.0 Å². The van der Waals surface area contributed by atoms with Gasteiger partial charge in [-0.2, -0.15) is 0 Å². The minimum Gasteiger partial charge on any atom is -0.497 e. The zero-order chi connectivity index (χ0) is 20.5. The van der Waals surface area contributed by atoms with Crippen LogP contribution in [0.15, 0.2) is 48.5 Å². The monoisotopic (exact) mass is 406 g/mol. The lowest BCUT2D eigenvalue weighted by atomic mass is 9.74. The highest BCUT2D eigenvalue weighted by atomic mass is 16.5. The van der Waals surface area contributed by atoms with Gasteiger partial charge in [-0.25, -0.2) is 0 Å². The molecule has 2 aromatic carbocycles. The van der Waals surface area contributed by atoms with Crippen LogP contribution < -0.4 is 4.74 Å². The van der Waals surface area contributed by atoms with Crippen molar-refractivity contribution < 1.29 is 9.84 Å². The predicted octanol–water partition coefficient (Wildman–Crippen LogP) is 4.00. The van der Waals surface area contributed by atoms with Crippen LogP contribution in [0.5, 0.6) is 5.75 Å². The smallest absolute Gasteiger partial charge is 0.119 e. The fourth-order valence-electron chi connectivity index (χ4n) is 5.54. The van der Waals surface area contributed by atoms with Crippen molar-refractivity contribution in [1.29, 1.82) is 0 Å². The largest absolute Gasteiger partial charge is 0.497 e. The number of methoxy groups -OCH3 is 1. The van der Waals surface area contributed by atoms with Gasteiger partial charge in [0.15, 0.2) is 0 Å². The normalized spacial score (nSPS) is 27.6. The van der Waals surface area contributed by atoms with Crippen LogP contribution in [0.4, 0.5) is 0 Å². The zero-order valence-electron chi connectivity index (χ0n) is 18.0. The molecule has 3 aliphatic rings. The van der Waals surface area contributed by atoms with E-state index < -0.39 is 0 Å². The maximum absolute atomic E-state index is 10.2. The van der Waals surface area contributed by atoms with Gasteiger partial charge in [-0.3, -0.25) is 4.90 Å². The van der Waals surface area contributed by atoms with Crippen LogP contribution in [0.1, 0.15) is 37.2 Å². The van der Waals surface area contributed by atoms with Gasteiger partial charge in [-0.15, -0.1) is 0 Å². The predicted molar refractivity (Wildman–Crippen MR) is 121 cm³/mol. The minimum atomic E-state index is 0.251. The van der Waals surface area contributed by atoms with Gasteiger partial charge < -0.3 is 14.7 Å². The molecule has 0 amide bonds. The molecule has 1 N–H and O–H groups in total. The molecule has 2 saturated heterocycles. The maximum Gasteiger partial charge on any atom is 0.119 e. The molecule has 1 saturated carbocycles. The van der Waals surface area contributed by atoms with Crippen molar-refractivity contribution >= 4 is 0 Å². The number of hydrogen-bond donors (Lipinski definition) is 1. The third-order valence-corrected chi connectivity index (χ3v) is 7.37. The zero-order valence-corrected chi connectivity index (χ0v) is 18.0. The molecular weight excluding hydrogens is 372 g/mol. The minimum absolute atomic E-state index is 0.251. The number of ether oxygens (including phenoxy) is 1. The summed E-state index contributed by atoms with van der Waals surface area (Å²) in [5.41, 5.74) is 3.76. The van der Waals surface area contributed by atoms with E-state index in [1.165, 1.54) is 55.5 Å². The summed E-state index contributed by atoms with van der Waals surface area (Å²) in [4.78, 5) is 5.29. The standard InChI is InChI=1S/C26H34N2O2/c1-30-23-6-4-5-22(15-23)20-9-11-21(12-10-20)26-24-17-27(16-19-7-8-19)13-2-3-14-28(24)25(26)18-29/h4-6,9-12,15,19,24-26,29H,2-3,7-8,13-14,16-18H2,1H3/t24-,25-,26+/m0/s1. The molecule has 30 heavy (non-hydrogen) atoms. The van der Waals surface area contributed by atoms with E-state index in [4.69, 9.17) is 4.74 Å². The summed E-state index contributed by atoms with van der Waals surface area (Å²) in [6, 6.07) is 18.0. The molecule has 3 atom stereocenters. The lowest BCUT2D eigenvalue weighted by Gasteiger charge is -2.57. The van der Waals surface area contributed by atoms with Crippen molar-refractivity contribution in [3.8, 4) is 16.9 Å². The summed E-state index contributed by atoms with van der Waals surface area (Å²) >= 11 is 0. The van der Waals surface area contributed by atoms with E-state index in [1.807, 2.05) is 12.1 Å². The number of aliphatic hydroxyl groups excluding tert-OH is 1. The van der Waals surface area contributed by atoms with Gasteiger partial charge in [-0.05, 0) is 73.5 Å². The van der Waals surface area contributed by atoms with Gasteiger partial charge >= 0.3 is 0 Å². The number of rotatable bonds is 6. The van der Waals surface area contributed by atoms with Gasteiger partial charge in [0.05, 0.1) is 13.7 Å². The van der Waals surface area contributed by atoms with E-state index >= 15 is 0 Å². The number of nitrogens with zero attached hydrogens (tertiary/aromatic N) is 2. The molecule has 2 aromatic rings. The van der Waals surface area contributed by atoms with E-state index in [9.17, 15) is 5.11 Å². The highest BCUT2D eigenvalue weighted by Crippen LogP contribution is 2.43. The molecule has 160 valence electrons. The van der Waals surface area contributed by atoms with Crippen molar-refractivity contribution in [2.75, 3.05) is 39.9 Å². The van der Waals surface area contributed by atoms with Crippen molar-refractivity contribution in [1.82, 2.24) is 9.80 Å². The van der Waals surface area contributed by atoms with Crippen molar-refractivity contribution in [2.45, 2.75) is 43.7 Å². The quantitative estimate of drug-likeness (QED) is 0.787. The van der Waals surface area contributed by atoms with Crippen LogP contribution in [0, 0.1) is 5.92 Å². The van der Waals surface area contributed by atoms with E-state index in [1.54, 1.807) is 7.11 Å². The second-order valence-corrected chi connectivity index (χ2v) is 9.34. The molecule has 2 aliphatic heterocycles. The lowest BCUT2D eigenvalue weighted by Crippen LogP contribution is -2.67. The Morgan fingerprint density at radius 3 is 2.53 bits per heavy atom. The summed E-state index contributed by atoms with van der Waals surface area (Å²) in [6.45, 7) is 5.05. The molecule has 0 radical (unpaired) electrons.